The summed E-state index contributed by atoms with van der Waals surface area (Å²) in [5.74, 6) is -2.67. The first-order chi connectivity index (χ1) is 21.7. The van der Waals surface area contributed by atoms with E-state index >= 15 is 0 Å². The van der Waals surface area contributed by atoms with E-state index in [0.29, 0.717) is 18.5 Å². The number of benzene rings is 1. The molecule has 256 valence electrons. The Morgan fingerprint density at radius 3 is 2.15 bits per heavy atom. The molecule has 0 spiro atoms. The number of aliphatic carboxylic acids is 1. The van der Waals surface area contributed by atoms with Gasteiger partial charge in [-0.1, -0.05) is 58.7 Å². The van der Waals surface area contributed by atoms with Gasteiger partial charge in [0.25, 0.3) is 0 Å². The fourth-order valence-corrected chi connectivity index (χ4v) is 6.57. The van der Waals surface area contributed by atoms with Crippen LogP contribution in [0.5, 0.6) is 0 Å². The van der Waals surface area contributed by atoms with Crippen LogP contribution >= 0.6 is 0 Å². The summed E-state index contributed by atoms with van der Waals surface area (Å²) in [5, 5.41) is 18.3. The van der Waals surface area contributed by atoms with E-state index < -0.39 is 42.0 Å². The van der Waals surface area contributed by atoms with Crippen LogP contribution in [0.4, 0.5) is 15.3 Å². The number of likely N-dealkylation sites (tertiary alicyclic amines) is 1. The quantitative estimate of drug-likeness (QED) is 0.256. The molecule has 0 saturated carbocycles. The maximum absolute atomic E-state index is 14.0. The van der Waals surface area contributed by atoms with E-state index in [9.17, 15) is 29.1 Å². The number of carbonyl (C=O) groups is 5. The first kappa shape index (κ1) is 36.6. The number of nitrogens with zero attached hydrogens (tertiary/aromatic N) is 2. The van der Waals surface area contributed by atoms with Gasteiger partial charge in [0.1, 0.15) is 18.1 Å². The van der Waals surface area contributed by atoms with Gasteiger partial charge in [-0.25, -0.2) is 14.4 Å². The molecule has 1 unspecified atom stereocenters. The topological polar surface area (TPSA) is 157 Å². The second-order valence-electron chi connectivity index (χ2n) is 14.0. The second kappa shape index (κ2) is 16.1. The Kier molecular flexibility index (Phi) is 12.8. The lowest BCUT2D eigenvalue weighted by molar-refractivity contribution is -0.142. The van der Waals surface area contributed by atoms with E-state index in [1.165, 1.54) is 12.0 Å². The van der Waals surface area contributed by atoms with Crippen molar-refractivity contribution < 1.29 is 33.8 Å². The Morgan fingerprint density at radius 1 is 0.957 bits per heavy atom. The van der Waals surface area contributed by atoms with Gasteiger partial charge in [0, 0.05) is 24.5 Å². The maximum Gasteiger partial charge on any atom is 0.414 e. The zero-order chi connectivity index (χ0) is 34.2. The predicted octanol–water partition coefficient (Wildman–Crippen LogP) is 4.77. The number of rotatable bonds is 12. The van der Waals surface area contributed by atoms with Crippen LogP contribution in [0.3, 0.4) is 0 Å². The van der Waals surface area contributed by atoms with Crippen molar-refractivity contribution in [2.75, 3.05) is 18.6 Å². The average molecular weight is 644 g/mol. The van der Waals surface area contributed by atoms with Crippen molar-refractivity contribution in [2.24, 2.45) is 5.41 Å². The first-order valence-electron chi connectivity index (χ1n) is 16.5. The smallest absolute Gasteiger partial charge is 0.414 e. The number of carboxylic acid groups (broad SMARTS) is 1. The zero-order valence-corrected chi connectivity index (χ0v) is 28.4. The zero-order valence-electron chi connectivity index (χ0n) is 28.4. The van der Waals surface area contributed by atoms with Gasteiger partial charge in [-0.2, -0.15) is 0 Å². The lowest BCUT2D eigenvalue weighted by atomic mass is 9.87. The van der Waals surface area contributed by atoms with Crippen LogP contribution in [-0.2, 0) is 19.1 Å². The molecule has 0 aromatic heterocycles. The molecule has 1 saturated heterocycles. The molecule has 6 atom stereocenters. The Labute approximate surface area is 273 Å². The summed E-state index contributed by atoms with van der Waals surface area (Å²) in [6.07, 6.45) is 4.26. The minimum atomic E-state index is -1.16. The average Bonchev–Trinajstić information content (AvgIpc) is 3.35. The van der Waals surface area contributed by atoms with Crippen molar-refractivity contribution in [1.29, 1.82) is 0 Å². The largest absolute Gasteiger partial charge is 0.480 e. The van der Waals surface area contributed by atoms with Crippen LogP contribution in [0.2, 0.25) is 0 Å². The number of piperidine rings is 1. The van der Waals surface area contributed by atoms with Gasteiger partial charge in [-0.3, -0.25) is 14.5 Å². The van der Waals surface area contributed by atoms with Crippen molar-refractivity contribution in [3.8, 4) is 0 Å². The molecule has 1 aromatic carbocycles. The molecule has 0 radical (unpaired) electrons. The molecule has 1 aromatic rings. The summed E-state index contributed by atoms with van der Waals surface area (Å²) < 4.78 is 4.98. The van der Waals surface area contributed by atoms with E-state index in [1.807, 2.05) is 53.7 Å². The van der Waals surface area contributed by atoms with Gasteiger partial charge in [-0.15, -0.1) is 0 Å². The maximum atomic E-state index is 14.0. The van der Waals surface area contributed by atoms with Crippen LogP contribution in [0.25, 0.3) is 0 Å². The Bertz CT molecular complexity index is 1240. The summed E-state index contributed by atoms with van der Waals surface area (Å²) >= 11 is 0. The number of carbonyl (C=O) groups excluding carboxylic acids is 4. The first-order valence-corrected chi connectivity index (χ1v) is 16.5. The molecule has 46 heavy (non-hydrogen) atoms. The number of fused-ring (bicyclic) bond motifs is 1. The molecule has 1 fully saturated rings. The molecule has 4 N–H and O–H groups in total. The van der Waals surface area contributed by atoms with E-state index in [2.05, 4.69) is 16.0 Å². The fraction of sp³-hybridized carbons (Fsp3) is 0.676. The number of unbranched alkanes of at least 4 members (excludes halogenated alkanes) is 1. The lowest BCUT2D eigenvalue weighted by Crippen LogP contribution is -2.59. The number of hydrogen-bond donors (Lipinski definition) is 4. The number of para-hydroxylation sites is 1. The molecule has 3 rings (SSSR count). The third-order valence-corrected chi connectivity index (χ3v) is 8.94. The Hall–Kier alpha value is -3.83. The standard InChI is InChI=1S/C34H53N5O7/c1-8-9-16-25(31(42)43)35-29(40)26(18-23-20-38(33(45)46-7)28-17-11-10-15-24(23)28)36-30(41)27(19-34(4,5)6)37-32(44)39-21(2)13-12-14-22(39)3/h10-11,15,17,21-23,25-27H,8-9,12-14,16,18-20H2,1-7H3,(H,35,40)(H,36,41)(H,37,44)(H,42,43)/t21-,22+,23?,25-,26-,27+/m1/s1. The number of ether oxygens (including phenoxy) is 1. The van der Waals surface area contributed by atoms with Crippen LogP contribution in [0.15, 0.2) is 24.3 Å². The number of carboxylic acids is 1. The van der Waals surface area contributed by atoms with Crippen LogP contribution in [0.1, 0.15) is 104 Å². The summed E-state index contributed by atoms with van der Waals surface area (Å²) in [4.78, 5) is 69.3. The van der Waals surface area contributed by atoms with Crippen molar-refractivity contribution in [3.05, 3.63) is 29.8 Å². The molecular weight excluding hydrogens is 590 g/mol. The van der Waals surface area contributed by atoms with Crippen molar-refractivity contribution in [3.63, 3.8) is 0 Å². The van der Waals surface area contributed by atoms with Gasteiger partial charge >= 0.3 is 18.1 Å². The number of nitrogens with one attached hydrogen (secondary N) is 3. The summed E-state index contributed by atoms with van der Waals surface area (Å²) in [6.45, 7) is 12.1. The highest BCUT2D eigenvalue weighted by atomic mass is 16.5. The number of methoxy groups -OCH3 is 1. The second-order valence-corrected chi connectivity index (χ2v) is 14.0. The van der Waals surface area contributed by atoms with Crippen LogP contribution in [0, 0.1) is 5.41 Å². The highest BCUT2D eigenvalue weighted by molar-refractivity contribution is 5.94. The number of urea groups is 1. The fourth-order valence-electron chi connectivity index (χ4n) is 6.57. The van der Waals surface area contributed by atoms with E-state index in [-0.39, 0.29) is 48.8 Å². The predicted molar refractivity (Wildman–Crippen MR) is 176 cm³/mol. The summed E-state index contributed by atoms with van der Waals surface area (Å²) in [7, 11) is 1.30. The molecule has 0 aliphatic carbocycles. The van der Waals surface area contributed by atoms with Gasteiger partial charge in [-0.05, 0) is 69.4 Å². The van der Waals surface area contributed by atoms with Gasteiger partial charge < -0.3 is 30.7 Å². The lowest BCUT2D eigenvalue weighted by Gasteiger charge is -2.40. The molecular formula is C34H53N5O7. The summed E-state index contributed by atoms with van der Waals surface area (Å²) in [6, 6.07) is 3.82. The third kappa shape index (κ3) is 9.59. The highest BCUT2D eigenvalue weighted by Gasteiger charge is 2.39. The molecule has 2 aliphatic rings. The summed E-state index contributed by atoms with van der Waals surface area (Å²) in [5.41, 5.74) is 1.12. The van der Waals surface area contributed by atoms with E-state index in [1.54, 1.807) is 17.0 Å². The van der Waals surface area contributed by atoms with Crippen LogP contribution in [-0.4, -0.2) is 83.8 Å². The van der Waals surface area contributed by atoms with Gasteiger partial charge in [0.05, 0.1) is 12.8 Å². The minimum Gasteiger partial charge on any atom is -0.480 e. The van der Waals surface area contributed by atoms with Gasteiger partial charge in [0.2, 0.25) is 11.8 Å². The highest BCUT2D eigenvalue weighted by Crippen LogP contribution is 2.39. The van der Waals surface area contributed by atoms with Crippen molar-refractivity contribution in [2.45, 2.75) is 129 Å². The molecule has 12 nitrogen and oxygen atoms in total. The molecule has 0 bridgehead atoms. The Morgan fingerprint density at radius 2 is 1.57 bits per heavy atom. The SMILES string of the molecule is CCCC[C@@H](NC(=O)[C@@H](CC1CN(C(=O)OC)c2ccccc21)NC(=O)[C@H](CC(C)(C)C)NC(=O)N1[C@H](C)CCC[C@@H]1C)C(=O)O. The van der Waals surface area contributed by atoms with Crippen molar-refractivity contribution in [1.82, 2.24) is 20.9 Å². The van der Waals surface area contributed by atoms with Gasteiger partial charge in [0.15, 0.2) is 0 Å². The molecule has 2 aliphatic heterocycles. The molecule has 2 heterocycles. The molecule has 12 heteroatoms. The normalized spacial score (nSPS) is 21.4. The Balaban J connectivity index is 1.91. The number of hydrogen-bond acceptors (Lipinski definition) is 6. The molecule has 5 amide bonds. The van der Waals surface area contributed by atoms with E-state index in [4.69, 9.17) is 4.74 Å². The minimum absolute atomic E-state index is 0.0249. The monoisotopic (exact) mass is 643 g/mol. The third-order valence-electron chi connectivity index (χ3n) is 8.94. The van der Waals surface area contributed by atoms with Crippen LogP contribution < -0.4 is 20.9 Å². The number of amides is 5. The van der Waals surface area contributed by atoms with Crippen molar-refractivity contribution >= 4 is 35.6 Å². The number of anilines is 1. The van der Waals surface area contributed by atoms with E-state index in [0.717, 1.165) is 31.2 Å².